The second-order valence-electron chi connectivity index (χ2n) is 6.29. The Labute approximate surface area is 138 Å². The van der Waals surface area contributed by atoms with Crippen LogP contribution in [0.5, 0.6) is 0 Å². The summed E-state index contributed by atoms with van der Waals surface area (Å²) in [4.78, 5) is 7.14. The van der Waals surface area contributed by atoms with Gasteiger partial charge in [0.05, 0.1) is 44.1 Å². The molecule has 24 heavy (non-hydrogen) atoms. The SMILES string of the molecule is Cn1c2ccccc2[nH]c2cc3c(cc21)[nH]c1ccccc1n3C. The number of rotatable bonds is 0. The smallest absolute Gasteiger partial charge is 0.0670 e. The number of nitrogens with one attached hydrogen (secondary N) is 2. The lowest BCUT2D eigenvalue weighted by Gasteiger charge is -2.15. The van der Waals surface area contributed by atoms with E-state index in [1.807, 2.05) is 0 Å². The van der Waals surface area contributed by atoms with Crippen molar-refractivity contribution in [2.75, 3.05) is 0 Å². The number of para-hydroxylation sites is 4. The van der Waals surface area contributed by atoms with Gasteiger partial charge in [0.1, 0.15) is 0 Å². The van der Waals surface area contributed by atoms with Gasteiger partial charge in [0.15, 0.2) is 0 Å². The topological polar surface area (TPSA) is 41.4 Å². The van der Waals surface area contributed by atoms with E-state index < -0.39 is 0 Å². The predicted molar refractivity (Wildman–Crippen MR) is 101 cm³/mol. The molecule has 2 aromatic heterocycles. The van der Waals surface area contributed by atoms with Gasteiger partial charge in [-0.05, 0) is 36.4 Å². The Morgan fingerprint density at radius 2 is 0.958 bits per heavy atom. The Bertz CT molecular complexity index is 1170. The summed E-state index contributed by atoms with van der Waals surface area (Å²) in [6.07, 6.45) is 0. The molecule has 5 aromatic rings. The van der Waals surface area contributed by atoms with Gasteiger partial charge in [-0.1, -0.05) is 24.3 Å². The van der Waals surface area contributed by atoms with Crippen LogP contribution in [-0.2, 0) is 14.1 Å². The van der Waals surface area contributed by atoms with Crippen molar-refractivity contribution in [2.24, 2.45) is 14.1 Å². The van der Waals surface area contributed by atoms with Crippen molar-refractivity contribution in [3.63, 3.8) is 0 Å². The highest BCUT2D eigenvalue weighted by Gasteiger charge is 2.08. The van der Waals surface area contributed by atoms with Crippen LogP contribution in [0.3, 0.4) is 0 Å². The van der Waals surface area contributed by atoms with Gasteiger partial charge in [-0.15, -0.1) is 0 Å². The summed E-state index contributed by atoms with van der Waals surface area (Å²) in [6, 6.07) is 21.2. The van der Waals surface area contributed by atoms with Crippen LogP contribution < -0.4 is 0 Å². The molecule has 0 aliphatic rings. The highest BCUT2D eigenvalue weighted by molar-refractivity contribution is 5.98. The van der Waals surface area contributed by atoms with Crippen molar-refractivity contribution in [1.29, 1.82) is 0 Å². The highest BCUT2D eigenvalue weighted by Crippen LogP contribution is 2.25. The number of H-pyrrole nitrogens is 2. The number of aryl methyl sites for hydroxylation is 2. The zero-order chi connectivity index (χ0) is 16.3. The molecule has 0 saturated heterocycles. The normalized spacial score (nSPS) is 11.8. The first kappa shape index (κ1) is 13.3. The van der Waals surface area contributed by atoms with Crippen LogP contribution >= 0.6 is 0 Å². The van der Waals surface area contributed by atoms with Crippen LogP contribution in [-0.4, -0.2) is 19.1 Å². The lowest BCUT2D eigenvalue weighted by atomic mass is 10.2. The summed E-state index contributed by atoms with van der Waals surface area (Å²) in [7, 11) is 4.23. The number of aromatic nitrogens is 4. The maximum absolute atomic E-state index is 3.57. The van der Waals surface area contributed by atoms with E-state index in [9.17, 15) is 0 Å². The molecule has 4 heteroatoms. The molecule has 0 fully saturated rings. The molecule has 4 nitrogen and oxygen atoms in total. The van der Waals surface area contributed by atoms with Crippen LogP contribution in [0.15, 0.2) is 60.7 Å². The quantitative estimate of drug-likeness (QED) is 0.387. The first-order chi connectivity index (χ1) is 11.7. The molecule has 0 aliphatic heterocycles. The van der Waals surface area contributed by atoms with Gasteiger partial charge < -0.3 is 19.1 Å². The van der Waals surface area contributed by atoms with Gasteiger partial charge in [-0.25, -0.2) is 0 Å². The molecular formula is C20H18N4. The van der Waals surface area contributed by atoms with Gasteiger partial charge in [0.2, 0.25) is 0 Å². The Kier molecular flexibility index (Phi) is 2.59. The maximum Gasteiger partial charge on any atom is 0.0670 e. The van der Waals surface area contributed by atoms with E-state index >= 15 is 0 Å². The molecule has 118 valence electrons. The number of aromatic amines is 2. The van der Waals surface area contributed by atoms with E-state index in [0.29, 0.717) is 0 Å². The minimum absolute atomic E-state index is 1.13. The Morgan fingerprint density at radius 3 is 1.42 bits per heavy atom. The van der Waals surface area contributed by atoms with Gasteiger partial charge in [-0.3, -0.25) is 0 Å². The molecule has 3 aromatic carbocycles. The van der Waals surface area contributed by atoms with Gasteiger partial charge >= 0.3 is 0 Å². The molecule has 0 unspecified atom stereocenters. The van der Waals surface area contributed by atoms with Crippen molar-refractivity contribution in [2.45, 2.75) is 0 Å². The highest BCUT2D eigenvalue weighted by atomic mass is 15.0. The second-order valence-corrected chi connectivity index (χ2v) is 6.29. The summed E-state index contributed by atoms with van der Waals surface area (Å²) in [5.74, 6) is 0. The molecule has 0 amide bonds. The molecule has 2 N–H and O–H groups in total. The molecule has 0 atom stereocenters. The number of benzene rings is 3. The second kappa shape index (κ2) is 4.68. The van der Waals surface area contributed by atoms with Gasteiger partial charge in [-0.2, -0.15) is 0 Å². The summed E-state index contributed by atoms with van der Waals surface area (Å²) in [5, 5.41) is 0. The summed E-state index contributed by atoms with van der Waals surface area (Å²) >= 11 is 0. The summed E-state index contributed by atoms with van der Waals surface area (Å²) in [5.41, 5.74) is 9.26. The van der Waals surface area contributed by atoms with Crippen molar-refractivity contribution in [3.05, 3.63) is 60.7 Å². The van der Waals surface area contributed by atoms with Gasteiger partial charge in [0, 0.05) is 14.1 Å². The number of fused-ring (bicyclic) bond motifs is 4. The van der Waals surface area contributed by atoms with E-state index in [2.05, 4.69) is 93.9 Å². The average molecular weight is 314 g/mol. The fraction of sp³-hybridized carbons (Fsp3) is 0.100. The molecule has 0 bridgehead atoms. The average Bonchev–Trinajstić information content (AvgIpc) is 2.62. The predicted octanol–water partition coefficient (Wildman–Crippen LogP) is 4.76. The maximum atomic E-state index is 3.57. The lowest BCUT2D eigenvalue weighted by molar-refractivity contribution is 0.985. The third kappa shape index (κ3) is 1.74. The zero-order valence-electron chi connectivity index (χ0n) is 13.7. The number of nitrogens with zero attached hydrogens (tertiary/aromatic N) is 2. The first-order valence-electron chi connectivity index (χ1n) is 8.10. The molecule has 0 spiro atoms. The largest absolute Gasteiger partial charge is 0.352 e. The Hall–Kier alpha value is -3.14. The van der Waals surface area contributed by atoms with Crippen molar-refractivity contribution in [3.8, 4) is 0 Å². The minimum atomic E-state index is 1.13. The molecule has 0 aliphatic carbocycles. The molecular weight excluding hydrogens is 296 g/mol. The fourth-order valence-electron chi connectivity index (χ4n) is 3.63. The molecule has 5 rings (SSSR count). The molecule has 2 heterocycles. The van der Waals surface area contributed by atoms with Crippen molar-refractivity contribution < 1.29 is 0 Å². The zero-order valence-corrected chi connectivity index (χ0v) is 13.7. The van der Waals surface area contributed by atoms with E-state index in [1.165, 1.54) is 22.1 Å². The fourth-order valence-corrected chi connectivity index (χ4v) is 3.63. The first-order valence-corrected chi connectivity index (χ1v) is 8.10. The Morgan fingerprint density at radius 1 is 0.542 bits per heavy atom. The van der Waals surface area contributed by atoms with Crippen LogP contribution in [0.1, 0.15) is 0 Å². The van der Waals surface area contributed by atoms with Crippen molar-refractivity contribution >= 4 is 44.1 Å². The minimum Gasteiger partial charge on any atom is -0.352 e. The lowest BCUT2D eigenvalue weighted by Crippen LogP contribution is -2.02. The van der Waals surface area contributed by atoms with E-state index in [1.54, 1.807) is 0 Å². The van der Waals surface area contributed by atoms with Crippen LogP contribution in [0.25, 0.3) is 44.1 Å². The third-order valence-electron chi connectivity index (χ3n) is 4.91. The summed E-state index contributed by atoms with van der Waals surface area (Å²) in [6.45, 7) is 0. The summed E-state index contributed by atoms with van der Waals surface area (Å²) < 4.78 is 4.48. The third-order valence-corrected chi connectivity index (χ3v) is 4.91. The van der Waals surface area contributed by atoms with Crippen molar-refractivity contribution in [1.82, 2.24) is 19.1 Å². The number of hydrogen-bond donors (Lipinski definition) is 2. The molecule has 0 radical (unpaired) electrons. The van der Waals surface area contributed by atoms with Crippen LogP contribution in [0.2, 0.25) is 0 Å². The number of hydrogen-bond acceptors (Lipinski definition) is 0. The van der Waals surface area contributed by atoms with Gasteiger partial charge in [0.25, 0.3) is 0 Å². The monoisotopic (exact) mass is 314 g/mol. The van der Waals surface area contributed by atoms with Crippen LogP contribution in [0, 0.1) is 0 Å². The van der Waals surface area contributed by atoms with E-state index in [-0.39, 0.29) is 0 Å². The molecule has 0 saturated carbocycles. The van der Waals surface area contributed by atoms with E-state index in [4.69, 9.17) is 0 Å². The standard InChI is InChI=1S/C20H18N4/c1-23-17-9-5-3-7-13(17)21-15-12-20-16(11-19(15)23)22-14-8-4-6-10-18(14)24(20)2/h3-12,21-22H,1-2H3. The van der Waals surface area contributed by atoms with Crippen LogP contribution in [0.4, 0.5) is 0 Å². The van der Waals surface area contributed by atoms with E-state index in [0.717, 1.165) is 22.1 Å². The Balaban J connectivity index is 2.01.